The van der Waals surface area contributed by atoms with Crippen LogP contribution in [0.1, 0.15) is 13.8 Å². The smallest absolute Gasteiger partial charge is 0.124 e. The second-order valence-electron chi connectivity index (χ2n) is 3.58. The summed E-state index contributed by atoms with van der Waals surface area (Å²) in [5, 5.41) is 9.54. The minimum absolute atomic E-state index is 0.228. The molecule has 0 aliphatic heterocycles. The Bertz CT molecular complexity index is 288. The Morgan fingerprint density at radius 2 is 2.14 bits per heavy atom. The highest BCUT2D eigenvalue weighted by Crippen LogP contribution is 2.21. The van der Waals surface area contributed by atoms with E-state index in [1.807, 2.05) is 19.9 Å². The van der Waals surface area contributed by atoms with Gasteiger partial charge < -0.3 is 5.11 Å². The van der Waals surface area contributed by atoms with Gasteiger partial charge >= 0.3 is 0 Å². The lowest BCUT2D eigenvalue weighted by molar-refractivity contribution is 0.149. The van der Waals surface area contributed by atoms with Crippen LogP contribution < -0.4 is 0 Å². The van der Waals surface area contributed by atoms with Crippen LogP contribution in [0.4, 0.5) is 4.39 Å². The lowest BCUT2D eigenvalue weighted by Crippen LogP contribution is -2.17. The molecule has 0 saturated carbocycles. The van der Waals surface area contributed by atoms with Gasteiger partial charge in [0.2, 0.25) is 0 Å². The van der Waals surface area contributed by atoms with Crippen molar-refractivity contribution in [2.45, 2.75) is 24.8 Å². The molecule has 0 bridgehead atoms. The standard InChI is InChI=1S/C11H15FOS/c1-8(2)11(13)7-14-10-5-3-4-9(12)6-10/h3-6,8,11,13H,7H2,1-2H3. The van der Waals surface area contributed by atoms with Gasteiger partial charge in [-0.1, -0.05) is 19.9 Å². The molecule has 1 unspecified atom stereocenters. The van der Waals surface area contributed by atoms with Crippen LogP contribution in [0.3, 0.4) is 0 Å². The third kappa shape index (κ3) is 3.68. The molecule has 0 heterocycles. The zero-order valence-corrected chi connectivity index (χ0v) is 9.22. The SMILES string of the molecule is CC(C)C(O)CSc1cccc(F)c1. The molecule has 0 radical (unpaired) electrons. The maximum absolute atomic E-state index is 12.8. The van der Waals surface area contributed by atoms with E-state index in [1.54, 1.807) is 6.07 Å². The van der Waals surface area contributed by atoms with E-state index in [4.69, 9.17) is 0 Å². The molecule has 1 rings (SSSR count). The van der Waals surface area contributed by atoms with Crippen LogP contribution in [0.2, 0.25) is 0 Å². The van der Waals surface area contributed by atoms with Gasteiger partial charge in [0.25, 0.3) is 0 Å². The second kappa shape index (κ2) is 5.37. The van der Waals surface area contributed by atoms with Gasteiger partial charge in [0.05, 0.1) is 6.10 Å². The van der Waals surface area contributed by atoms with Gasteiger partial charge in [-0.2, -0.15) is 0 Å². The van der Waals surface area contributed by atoms with Crippen LogP contribution in [-0.4, -0.2) is 17.0 Å². The van der Waals surface area contributed by atoms with E-state index >= 15 is 0 Å². The van der Waals surface area contributed by atoms with Crippen molar-refractivity contribution in [2.75, 3.05) is 5.75 Å². The van der Waals surface area contributed by atoms with Crippen molar-refractivity contribution >= 4 is 11.8 Å². The number of hydrogen-bond acceptors (Lipinski definition) is 2. The molecule has 1 aromatic rings. The Hall–Kier alpha value is -0.540. The molecule has 0 saturated heterocycles. The topological polar surface area (TPSA) is 20.2 Å². The molecular weight excluding hydrogens is 199 g/mol. The van der Waals surface area contributed by atoms with E-state index in [9.17, 15) is 9.50 Å². The van der Waals surface area contributed by atoms with Crippen LogP contribution >= 0.6 is 11.8 Å². The fourth-order valence-corrected chi connectivity index (χ4v) is 2.05. The van der Waals surface area contributed by atoms with Crippen molar-refractivity contribution in [3.05, 3.63) is 30.1 Å². The van der Waals surface area contributed by atoms with Crippen LogP contribution in [0.5, 0.6) is 0 Å². The zero-order valence-electron chi connectivity index (χ0n) is 8.40. The molecule has 0 spiro atoms. The summed E-state index contributed by atoms with van der Waals surface area (Å²) in [4.78, 5) is 0.865. The number of halogens is 1. The van der Waals surface area contributed by atoms with Gasteiger partial charge in [0, 0.05) is 10.6 Å². The summed E-state index contributed by atoms with van der Waals surface area (Å²) < 4.78 is 12.8. The van der Waals surface area contributed by atoms with Crippen LogP contribution in [-0.2, 0) is 0 Å². The van der Waals surface area contributed by atoms with Crippen molar-refractivity contribution in [3.8, 4) is 0 Å². The predicted molar refractivity (Wildman–Crippen MR) is 58.0 cm³/mol. The monoisotopic (exact) mass is 214 g/mol. The minimum Gasteiger partial charge on any atom is -0.392 e. The molecular formula is C11H15FOS. The molecule has 1 nitrogen and oxygen atoms in total. The summed E-state index contributed by atoms with van der Waals surface area (Å²) in [5.74, 6) is 0.631. The van der Waals surface area contributed by atoms with Gasteiger partial charge in [-0.15, -0.1) is 11.8 Å². The number of hydrogen-bond donors (Lipinski definition) is 1. The van der Waals surface area contributed by atoms with E-state index in [0.717, 1.165) is 4.90 Å². The molecule has 0 fully saturated rings. The van der Waals surface area contributed by atoms with Gasteiger partial charge in [-0.3, -0.25) is 0 Å². The van der Waals surface area contributed by atoms with Crippen LogP contribution in [0, 0.1) is 11.7 Å². The lowest BCUT2D eigenvalue weighted by Gasteiger charge is -2.13. The van der Waals surface area contributed by atoms with Crippen molar-refractivity contribution in [1.82, 2.24) is 0 Å². The number of benzene rings is 1. The zero-order chi connectivity index (χ0) is 10.6. The minimum atomic E-state index is -0.330. The Morgan fingerprint density at radius 3 is 2.71 bits per heavy atom. The number of thioether (sulfide) groups is 1. The molecule has 0 aliphatic rings. The predicted octanol–water partition coefficient (Wildman–Crippen LogP) is 2.93. The largest absolute Gasteiger partial charge is 0.392 e. The average molecular weight is 214 g/mol. The molecule has 1 atom stereocenters. The summed E-state index contributed by atoms with van der Waals surface area (Å²) in [5.41, 5.74) is 0. The van der Waals surface area contributed by atoms with Gasteiger partial charge in [0.15, 0.2) is 0 Å². The molecule has 14 heavy (non-hydrogen) atoms. The Kier molecular flexibility index (Phi) is 4.42. The van der Waals surface area contributed by atoms with E-state index in [2.05, 4.69) is 0 Å². The second-order valence-corrected chi connectivity index (χ2v) is 4.67. The van der Waals surface area contributed by atoms with Gasteiger partial charge in [-0.25, -0.2) is 4.39 Å². The summed E-state index contributed by atoms with van der Waals surface area (Å²) in [6.07, 6.45) is -0.330. The molecule has 0 aliphatic carbocycles. The molecule has 3 heteroatoms. The van der Waals surface area contributed by atoms with Crippen molar-refractivity contribution in [3.63, 3.8) is 0 Å². The fourth-order valence-electron chi connectivity index (χ4n) is 0.931. The molecule has 78 valence electrons. The number of aliphatic hydroxyl groups is 1. The first kappa shape index (κ1) is 11.5. The Labute approximate surface area is 88.3 Å². The maximum atomic E-state index is 12.8. The summed E-state index contributed by atoms with van der Waals surface area (Å²) >= 11 is 1.48. The van der Waals surface area contributed by atoms with Gasteiger partial charge in [0.1, 0.15) is 5.82 Å². The van der Waals surface area contributed by atoms with Crippen molar-refractivity contribution < 1.29 is 9.50 Å². The van der Waals surface area contributed by atoms with E-state index < -0.39 is 0 Å². The lowest BCUT2D eigenvalue weighted by atomic mass is 10.1. The first-order chi connectivity index (χ1) is 6.59. The van der Waals surface area contributed by atoms with Crippen molar-refractivity contribution in [1.29, 1.82) is 0 Å². The first-order valence-electron chi connectivity index (χ1n) is 4.66. The third-order valence-corrected chi connectivity index (χ3v) is 3.08. The first-order valence-corrected chi connectivity index (χ1v) is 5.64. The van der Waals surface area contributed by atoms with E-state index in [0.29, 0.717) is 5.75 Å². The van der Waals surface area contributed by atoms with E-state index in [1.165, 1.54) is 23.9 Å². The van der Waals surface area contributed by atoms with Crippen molar-refractivity contribution in [2.24, 2.45) is 5.92 Å². The fraction of sp³-hybridized carbons (Fsp3) is 0.455. The highest BCUT2D eigenvalue weighted by Gasteiger charge is 2.09. The summed E-state index contributed by atoms with van der Waals surface area (Å²) in [6.45, 7) is 3.94. The van der Waals surface area contributed by atoms with E-state index in [-0.39, 0.29) is 17.8 Å². The normalized spacial score (nSPS) is 13.2. The molecule has 0 aromatic heterocycles. The highest BCUT2D eigenvalue weighted by molar-refractivity contribution is 7.99. The molecule has 1 aromatic carbocycles. The van der Waals surface area contributed by atoms with Gasteiger partial charge in [-0.05, 0) is 24.1 Å². The quantitative estimate of drug-likeness (QED) is 0.778. The Morgan fingerprint density at radius 1 is 1.43 bits per heavy atom. The maximum Gasteiger partial charge on any atom is 0.124 e. The molecule has 1 N–H and O–H groups in total. The van der Waals surface area contributed by atoms with Crippen LogP contribution in [0.25, 0.3) is 0 Å². The third-order valence-electron chi connectivity index (χ3n) is 1.99. The molecule has 0 amide bonds. The van der Waals surface area contributed by atoms with Crippen LogP contribution in [0.15, 0.2) is 29.2 Å². The average Bonchev–Trinajstić information content (AvgIpc) is 2.14. The summed E-state index contributed by atoms with van der Waals surface area (Å²) in [6, 6.07) is 6.43. The Balaban J connectivity index is 2.45. The highest BCUT2D eigenvalue weighted by atomic mass is 32.2. The number of rotatable bonds is 4. The summed E-state index contributed by atoms with van der Waals surface area (Å²) in [7, 11) is 0. The number of aliphatic hydroxyl groups excluding tert-OH is 1.